The zero-order valence-corrected chi connectivity index (χ0v) is 18.6. The van der Waals surface area contributed by atoms with E-state index in [1.807, 2.05) is 6.07 Å². The first-order chi connectivity index (χ1) is 15.9. The lowest BCUT2D eigenvalue weighted by atomic mass is 10.0. The van der Waals surface area contributed by atoms with E-state index < -0.39 is 22.9 Å². The summed E-state index contributed by atoms with van der Waals surface area (Å²) in [5.41, 5.74) is 1.28. The molecule has 0 radical (unpaired) electrons. The minimum Gasteiger partial charge on any atom is -0.485 e. The monoisotopic (exact) mass is 468 g/mol. The van der Waals surface area contributed by atoms with Crippen molar-refractivity contribution in [1.82, 2.24) is 0 Å². The van der Waals surface area contributed by atoms with Gasteiger partial charge in [0.2, 0.25) is 6.10 Å². The Kier molecular flexibility index (Phi) is 6.27. The third kappa shape index (κ3) is 4.51. The molecule has 0 fully saturated rings. The van der Waals surface area contributed by atoms with Gasteiger partial charge in [0, 0.05) is 22.6 Å². The molecule has 1 N–H and O–H groups in total. The number of fused-ring (bicyclic) bond motifs is 1. The van der Waals surface area contributed by atoms with Crippen LogP contribution in [0.1, 0.15) is 22.2 Å². The molecule has 0 aliphatic carbocycles. The molecule has 0 saturated carbocycles. The number of nitro groups is 1. The van der Waals surface area contributed by atoms with Crippen molar-refractivity contribution >= 4 is 33.9 Å². The zero-order chi connectivity index (χ0) is 23.5. The number of anilines is 1. The van der Waals surface area contributed by atoms with Gasteiger partial charge in [-0.15, -0.1) is 11.3 Å². The van der Waals surface area contributed by atoms with E-state index in [9.17, 15) is 19.7 Å². The van der Waals surface area contributed by atoms with E-state index in [1.54, 1.807) is 44.2 Å². The molecule has 3 aromatic rings. The number of non-ortho nitro benzene ring substituents is 1. The summed E-state index contributed by atoms with van der Waals surface area (Å²) in [5, 5.41) is 14.1. The lowest BCUT2D eigenvalue weighted by molar-refractivity contribution is -0.384. The number of para-hydroxylation sites is 2. The van der Waals surface area contributed by atoms with E-state index >= 15 is 0 Å². The summed E-state index contributed by atoms with van der Waals surface area (Å²) in [6.45, 7) is 3.66. The van der Waals surface area contributed by atoms with Gasteiger partial charge in [0.25, 0.3) is 11.6 Å². The molecule has 2 aromatic carbocycles. The molecule has 0 spiro atoms. The van der Waals surface area contributed by atoms with Crippen molar-refractivity contribution in [3.63, 3.8) is 0 Å². The zero-order valence-electron chi connectivity index (χ0n) is 17.8. The lowest BCUT2D eigenvalue weighted by Gasteiger charge is -2.25. The quantitative estimate of drug-likeness (QED) is 0.319. The van der Waals surface area contributed by atoms with Crippen LogP contribution in [-0.2, 0) is 9.53 Å². The topological polar surface area (TPSA) is 117 Å². The number of thiophene rings is 1. The van der Waals surface area contributed by atoms with Crippen LogP contribution in [0.25, 0.3) is 11.1 Å². The number of nitrogens with one attached hydrogen (secondary N) is 1. The van der Waals surface area contributed by atoms with Crippen molar-refractivity contribution in [2.75, 3.05) is 18.5 Å². The molecule has 10 heteroatoms. The van der Waals surface area contributed by atoms with Crippen molar-refractivity contribution in [2.24, 2.45) is 0 Å². The Bertz CT molecular complexity index is 1220. The number of rotatable bonds is 6. The predicted octanol–water partition coefficient (Wildman–Crippen LogP) is 4.59. The lowest BCUT2D eigenvalue weighted by Crippen LogP contribution is -2.40. The summed E-state index contributed by atoms with van der Waals surface area (Å²) in [7, 11) is 0. The maximum Gasteiger partial charge on any atom is 0.341 e. The van der Waals surface area contributed by atoms with Gasteiger partial charge < -0.3 is 19.5 Å². The number of aryl methyl sites for hydroxylation is 1. The van der Waals surface area contributed by atoms with Crippen molar-refractivity contribution in [2.45, 2.75) is 20.0 Å². The van der Waals surface area contributed by atoms with Crippen LogP contribution < -0.4 is 14.8 Å². The van der Waals surface area contributed by atoms with Gasteiger partial charge in [-0.2, -0.15) is 0 Å². The normalized spacial score (nSPS) is 14.4. The first kappa shape index (κ1) is 22.3. The molecule has 1 aromatic heterocycles. The molecule has 33 heavy (non-hydrogen) atoms. The van der Waals surface area contributed by atoms with Gasteiger partial charge in [0.15, 0.2) is 11.5 Å². The number of carbonyl (C=O) groups excluding carboxylic acids is 2. The van der Waals surface area contributed by atoms with E-state index in [1.165, 1.54) is 23.5 Å². The maximum atomic E-state index is 13.0. The summed E-state index contributed by atoms with van der Waals surface area (Å²) in [6.07, 6.45) is -0.903. The molecule has 1 aliphatic rings. The predicted molar refractivity (Wildman–Crippen MR) is 122 cm³/mol. The number of hydrogen-bond donors (Lipinski definition) is 1. The summed E-state index contributed by atoms with van der Waals surface area (Å²) in [4.78, 5) is 37.0. The fourth-order valence-corrected chi connectivity index (χ4v) is 4.54. The number of nitro benzene ring substituents is 1. The number of carbonyl (C=O) groups is 2. The van der Waals surface area contributed by atoms with Crippen molar-refractivity contribution < 1.29 is 28.7 Å². The van der Waals surface area contributed by atoms with E-state index in [-0.39, 0.29) is 24.5 Å². The smallest absolute Gasteiger partial charge is 0.341 e. The first-order valence-corrected chi connectivity index (χ1v) is 10.9. The number of nitrogens with zero attached hydrogens (tertiary/aromatic N) is 1. The third-order valence-electron chi connectivity index (χ3n) is 4.97. The van der Waals surface area contributed by atoms with Gasteiger partial charge in [0.05, 0.1) is 11.5 Å². The maximum absolute atomic E-state index is 13.0. The van der Waals surface area contributed by atoms with Crippen LogP contribution in [0.2, 0.25) is 0 Å². The highest BCUT2D eigenvalue weighted by Crippen LogP contribution is 2.41. The molecular formula is C23H20N2O7S. The van der Waals surface area contributed by atoms with Crippen LogP contribution in [0.15, 0.2) is 48.5 Å². The van der Waals surface area contributed by atoms with E-state index in [0.29, 0.717) is 27.6 Å². The van der Waals surface area contributed by atoms with Gasteiger partial charge in [-0.3, -0.25) is 14.9 Å². The molecule has 1 unspecified atom stereocenters. The average Bonchev–Trinajstić information content (AvgIpc) is 3.14. The highest BCUT2D eigenvalue weighted by molar-refractivity contribution is 7.17. The Hall–Kier alpha value is -3.92. The number of ether oxygens (including phenoxy) is 3. The highest BCUT2D eigenvalue weighted by Gasteiger charge is 2.31. The van der Waals surface area contributed by atoms with Crippen molar-refractivity contribution in [3.05, 3.63) is 69.1 Å². The molecule has 9 nitrogen and oxygen atoms in total. The second-order valence-corrected chi connectivity index (χ2v) is 8.34. The van der Waals surface area contributed by atoms with E-state index in [2.05, 4.69) is 5.32 Å². The minimum atomic E-state index is -0.903. The van der Waals surface area contributed by atoms with Gasteiger partial charge in [-0.05, 0) is 43.7 Å². The molecular weight excluding hydrogens is 448 g/mol. The van der Waals surface area contributed by atoms with Crippen LogP contribution in [0.5, 0.6) is 11.5 Å². The number of benzene rings is 2. The molecule has 2 heterocycles. The second-order valence-electron chi connectivity index (χ2n) is 7.12. The standard InChI is InChI=1S/C23H20N2O7S/c1-3-30-23(27)20-19(14-8-10-15(11-9-14)25(28)29)13(2)33-22(20)24-21(26)18-12-31-16-6-4-5-7-17(16)32-18/h4-11,18H,3,12H2,1-2H3,(H,24,26). The minimum absolute atomic E-state index is 0.0250. The fourth-order valence-electron chi connectivity index (χ4n) is 3.47. The summed E-state index contributed by atoms with van der Waals surface area (Å²) in [6, 6.07) is 12.9. The van der Waals surface area contributed by atoms with E-state index in [0.717, 1.165) is 4.88 Å². The van der Waals surface area contributed by atoms with Gasteiger partial charge in [-0.25, -0.2) is 4.79 Å². The van der Waals surface area contributed by atoms with Gasteiger partial charge in [-0.1, -0.05) is 12.1 Å². The van der Waals surface area contributed by atoms with Crippen LogP contribution >= 0.6 is 11.3 Å². The SMILES string of the molecule is CCOC(=O)c1c(NC(=O)C2COc3ccccc3O2)sc(C)c1-c1ccc([N+](=O)[O-])cc1. The fraction of sp³-hybridized carbons (Fsp3) is 0.217. The Morgan fingerprint density at radius 3 is 2.55 bits per heavy atom. The number of hydrogen-bond acceptors (Lipinski definition) is 8. The van der Waals surface area contributed by atoms with Gasteiger partial charge >= 0.3 is 5.97 Å². The highest BCUT2D eigenvalue weighted by atomic mass is 32.1. The number of amides is 1. The molecule has 0 saturated heterocycles. The van der Waals surface area contributed by atoms with Gasteiger partial charge in [0.1, 0.15) is 17.2 Å². The Balaban J connectivity index is 1.65. The molecule has 1 atom stereocenters. The van der Waals surface area contributed by atoms with Crippen LogP contribution in [-0.4, -0.2) is 36.1 Å². The van der Waals surface area contributed by atoms with Crippen molar-refractivity contribution in [3.8, 4) is 22.6 Å². The second kappa shape index (κ2) is 9.29. The Labute approximate surface area is 193 Å². The van der Waals surface area contributed by atoms with Crippen LogP contribution in [0, 0.1) is 17.0 Å². The molecule has 1 aliphatic heterocycles. The van der Waals surface area contributed by atoms with Crippen LogP contribution in [0.3, 0.4) is 0 Å². The first-order valence-electron chi connectivity index (χ1n) is 10.1. The molecule has 1 amide bonds. The molecule has 170 valence electrons. The molecule has 0 bridgehead atoms. The van der Waals surface area contributed by atoms with Crippen LogP contribution in [0.4, 0.5) is 10.7 Å². The summed E-state index contributed by atoms with van der Waals surface area (Å²) in [5.74, 6) is -0.0483. The third-order valence-corrected chi connectivity index (χ3v) is 5.99. The Morgan fingerprint density at radius 2 is 1.88 bits per heavy atom. The largest absolute Gasteiger partial charge is 0.485 e. The van der Waals surface area contributed by atoms with E-state index in [4.69, 9.17) is 14.2 Å². The average molecular weight is 468 g/mol. The van der Waals surface area contributed by atoms with Crippen molar-refractivity contribution in [1.29, 1.82) is 0 Å². The summed E-state index contributed by atoms with van der Waals surface area (Å²) < 4.78 is 16.6. The Morgan fingerprint density at radius 1 is 1.18 bits per heavy atom. The summed E-state index contributed by atoms with van der Waals surface area (Å²) >= 11 is 1.22. The number of esters is 1. The molecule has 4 rings (SSSR count).